The van der Waals surface area contributed by atoms with E-state index in [9.17, 15) is 0 Å². The van der Waals surface area contributed by atoms with Crippen molar-refractivity contribution in [3.8, 4) is 11.8 Å². The van der Waals surface area contributed by atoms with Gasteiger partial charge in [-0.3, -0.25) is 0 Å². The molecule has 1 saturated carbocycles. The van der Waals surface area contributed by atoms with Crippen molar-refractivity contribution in [3.63, 3.8) is 0 Å². The molecular formula is C19H24N4O2S. The van der Waals surface area contributed by atoms with Gasteiger partial charge in [0.1, 0.15) is 0 Å². The Morgan fingerprint density at radius 1 is 1.08 bits per heavy atom. The lowest BCUT2D eigenvalue weighted by Crippen LogP contribution is -2.41. The summed E-state index contributed by atoms with van der Waals surface area (Å²) in [5.74, 6) is 1.18. The highest BCUT2D eigenvalue weighted by atomic mass is 32.1. The third-order valence-corrected chi connectivity index (χ3v) is 5.10. The van der Waals surface area contributed by atoms with Crippen molar-refractivity contribution >= 4 is 23.3 Å². The Labute approximate surface area is 159 Å². The Morgan fingerprint density at radius 2 is 1.69 bits per heavy atom. The van der Waals surface area contributed by atoms with E-state index in [1.165, 1.54) is 18.4 Å². The molecule has 1 heterocycles. The predicted molar refractivity (Wildman–Crippen MR) is 106 cm³/mol. The van der Waals surface area contributed by atoms with Gasteiger partial charge in [0.15, 0.2) is 5.11 Å². The second kappa shape index (κ2) is 8.31. The van der Waals surface area contributed by atoms with E-state index in [0.29, 0.717) is 22.8 Å². The highest BCUT2D eigenvalue weighted by Gasteiger charge is 2.35. The second-order valence-corrected chi connectivity index (χ2v) is 6.85. The van der Waals surface area contributed by atoms with Gasteiger partial charge in [0, 0.05) is 12.0 Å². The minimum absolute atomic E-state index is 0.125. The van der Waals surface area contributed by atoms with Crippen LogP contribution in [0.25, 0.3) is 0 Å². The summed E-state index contributed by atoms with van der Waals surface area (Å²) >= 11 is 5.45. The molecule has 138 valence electrons. The number of nitrogens with zero attached hydrogens (tertiary/aromatic N) is 2. The fourth-order valence-corrected chi connectivity index (χ4v) is 3.64. The molecule has 1 aliphatic rings. The van der Waals surface area contributed by atoms with Crippen molar-refractivity contribution in [2.75, 3.05) is 26.1 Å². The Hall–Kier alpha value is -2.41. The average Bonchev–Trinajstić information content (AvgIpc) is 3.17. The van der Waals surface area contributed by atoms with E-state index in [1.54, 1.807) is 20.3 Å². The molecule has 0 saturated heterocycles. The highest BCUT2D eigenvalue weighted by Crippen LogP contribution is 2.40. The molecule has 0 unspecified atom stereocenters. The van der Waals surface area contributed by atoms with Crippen molar-refractivity contribution in [2.45, 2.75) is 31.1 Å². The lowest BCUT2D eigenvalue weighted by Gasteiger charge is -2.30. The van der Waals surface area contributed by atoms with Crippen molar-refractivity contribution in [3.05, 3.63) is 42.0 Å². The lowest BCUT2D eigenvalue weighted by atomic mass is 9.79. The zero-order chi connectivity index (χ0) is 18.4. The number of thiocarbonyl (C=S) groups is 1. The maximum absolute atomic E-state index is 5.45. The Bertz CT molecular complexity index is 726. The molecule has 0 aliphatic heterocycles. The molecular weight excluding hydrogens is 348 g/mol. The van der Waals surface area contributed by atoms with Gasteiger partial charge >= 0.3 is 0 Å². The number of hydrogen-bond acceptors (Lipinski definition) is 5. The fraction of sp³-hybridized carbons (Fsp3) is 0.421. The molecule has 1 aromatic carbocycles. The van der Waals surface area contributed by atoms with Crippen LogP contribution in [0, 0.1) is 0 Å². The van der Waals surface area contributed by atoms with Gasteiger partial charge in [-0.15, -0.1) is 0 Å². The zero-order valence-electron chi connectivity index (χ0n) is 15.1. The van der Waals surface area contributed by atoms with E-state index in [4.69, 9.17) is 21.7 Å². The number of nitrogens with one attached hydrogen (secondary N) is 2. The normalized spacial score (nSPS) is 15.3. The predicted octanol–water partition coefficient (Wildman–Crippen LogP) is 3.29. The van der Waals surface area contributed by atoms with Crippen LogP contribution in [0.5, 0.6) is 11.8 Å². The second-order valence-electron chi connectivity index (χ2n) is 6.44. The molecule has 2 N–H and O–H groups in total. The van der Waals surface area contributed by atoms with Crippen LogP contribution in [0.1, 0.15) is 31.2 Å². The average molecular weight is 372 g/mol. The van der Waals surface area contributed by atoms with Crippen molar-refractivity contribution in [2.24, 2.45) is 0 Å². The fourth-order valence-electron chi connectivity index (χ4n) is 3.48. The van der Waals surface area contributed by atoms with Crippen molar-refractivity contribution in [1.29, 1.82) is 0 Å². The van der Waals surface area contributed by atoms with Crippen LogP contribution in [0.15, 0.2) is 36.4 Å². The number of methoxy groups -OCH3 is 2. The standard InChI is InChI=1S/C19H24N4O2S/c1-24-15-12-16(25-2)22-17(21-15)23-18(26)20-13-19(10-6-7-11-19)14-8-4-3-5-9-14/h3-5,8-9,12H,6-7,10-11,13H2,1-2H3,(H2,20,21,22,23,26). The molecule has 1 aliphatic carbocycles. The summed E-state index contributed by atoms with van der Waals surface area (Å²) in [6.45, 7) is 0.782. The van der Waals surface area contributed by atoms with E-state index in [2.05, 4.69) is 50.9 Å². The van der Waals surface area contributed by atoms with Gasteiger partial charge in [-0.05, 0) is 30.6 Å². The number of benzene rings is 1. The summed E-state index contributed by atoms with van der Waals surface area (Å²) in [7, 11) is 3.09. The van der Waals surface area contributed by atoms with Crippen LogP contribution in [-0.2, 0) is 5.41 Å². The Kier molecular flexibility index (Phi) is 5.88. The first kappa shape index (κ1) is 18.4. The minimum Gasteiger partial charge on any atom is -0.481 e. The molecule has 1 aromatic heterocycles. The first-order valence-electron chi connectivity index (χ1n) is 8.73. The summed E-state index contributed by atoms with van der Waals surface area (Å²) in [6, 6.07) is 12.3. The molecule has 7 heteroatoms. The molecule has 0 radical (unpaired) electrons. The summed E-state index contributed by atoms with van der Waals surface area (Å²) in [5, 5.41) is 6.86. The monoisotopic (exact) mass is 372 g/mol. The van der Waals surface area contributed by atoms with Gasteiger partial charge in [0.05, 0.1) is 20.3 Å². The Balaban J connectivity index is 1.66. The number of aromatic nitrogens is 2. The SMILES string of the molecule is COc1cc(OC)nc(NC(=S)NCC2(c3ccccc3)CCCC2)n1. The summed E-state index contributed by atoms with van der Waals surface area (Å²) < 4.78 is 10.3. The van der Waals surface area contributed by atoms with Crippen LogP contribution in [-0.4, -0.2) is 35.8 Å². The van der Waals surface area contributed by atoms with Crippen molar-refractivity contribution in [1.82, 2.24) is 15.3 Å². The van der Waals surface area contributed by atoms with Gasteiger partial charge in [-0.1, -0.05) is 43.2 Å². The lowest BCUT2D eigenvalue weighted by molar-refractivity contribution is 0.373. The number of ether oxygens (including phenoxy) is 2. The van der Waals surface area contributed by atoms with Gasteiger partial charge in [-0.2, -0.15) is 9.97 Å². The first-order valence-corrected chi connectivity index (χ1v) is 9.13. The zero-order valence-corrected chi connectivity index (χ0v) is 15.9. The van der Waals surface area contributed by atoms with Crippen LogP contribution in [0.4, 0.5) is 5.95 Å². The van der Waals surface area contributed by atoms with Gasteiger partial charge in [0.2, 0.25) is 17.7 Å². The van der Waals surface area contributed by atoms with Gasteiger partial charge in [0.25, 0.3) is 0 Å². The van der Waals surface area contributed by atoms with Crippen LogP contribution in [0.3, 0.4) is 0 Å². The molecule has 0 atom stereocenters. The molecule has 26 heavy (non-hydrogen) atoms. The van der Waals surface area contributed by atoms with E-state index >= 15 is 0 Å². The first-order chi connectivity index (χ1) is 12.6. The van der Waals surface area contributed by atoms with Crippen LogP contribution >= 0.6 is 12.2 Å². The molecule has 1 fully saturated rings. The van der Waals surface area contributed by atoms with Gasteiger partial charge < -0.3 is 20.1 Å². The largest absolute Gasteiger partial charge is 0.481 e. The quantitative estimate of drug-likeness (QED) is 0.754. The summed E-state index contributed by atoms with van der Waals surface area (Å²) in [4.78, 5) is 8.49. The van der Waals surface area contributed by atoms with E-state index < -0.39 is 0 Å². The van der Waals surface area contributed by atoms with E-state index in [1.807, 2.05) is 0 Å². The maximum Gasteiger partial charge on any atom is 0.235 e. The minimum atomic E-state index is 0.125. The number of rotatable bonds is 6. The molecule has 2 aromatic rings. The van der Waals surface area contributed by atoms with Gasteiger partial charge in [-0.25, -0.2) is 0 Å². The third-order valence-electron chi connectivity index (χ3n) is 4.86. The number of anilines is 1. The molecule has 0 amide bonds. The molecule has 0 bridgehead atoms. The molecule has 6 nitrogen and oxygen atoms in total. The summed E-state index contributed by atoms with van der Waals surface area (Å²) in [5.41, 5.74) is 1.49. The Morgan fingerprint density at radius 3 is 2.27 bits per heavy atom. The van der Waals surface area contributed by atoms with E-state index in [-0.39, 0.29) is 5.41 Å². The highest BCUT2D eigenvalue weighted by molar-refractivity contribution is 7.80. The molecule has 0 spiro atoms. The van der Waals surface area contributed by atoms with Crippen molar-refractivity contribution < 1.29 is 9.47 Å². The number of hydrogen-bond donors (Lipinski definition) is 2. The van der Waals surface area contributed by atoms with Crippen LogP contribution in [0.2, 0.25) is 0 Å². The smallest absolute Gasteiger partial charge is 0.235 e. The molecule has 3 rings (SSSR count). The van der Waals surface area contributed by atoms with E-state index in [0.717, 1.165) is 19.4 Å². The topological polar surface area (TPSA) is 68.3 Å². The van der Waals surface area contributed by atoms with Crippen LogP contribution < -0.4 is 20.1 Å². The third kappa shape index (κ3) is 4.22. The summed E-state index contributed by atoms with van der Waals surface area (Å²) in [6.07, 6.45) is 4.81. The maximum atomic E-state index is 5.45.